The Morgan fingerprint density at radius 2 is 1.92 bits per heavy atom. The average molecular weight is 361 g/mol. The van der Waals surface area contributed by atoms with Gasteiger partial charge in [-0.25, -0.2) is 4.39 Å². The number of carbonyl (C=O) groups is 1. The van der Waals surface area contributed by atoms with Crippen LogP contribution in [0.25, 0.3) is 17.0 Å². The summed E-state index contributed by atoms with van der Waals surface area (Å²) in [5.74, 6) is 0.0678. The first-order chi connectivity index (χ1) is 11.8. The molecule has 1 aromatic carbocycles. The molecule has 25 heavy (non-hydrogen) atoms. The van der Waals surface area contributed by atoms with Crippen LogP contribution in [0.1, 0.15) is 20.8 Å². The van der Waals surface area contributed by atoms with Gasteiger partial charge in [-0.05, 0) is 24.3 Å². The van der Waals surface area contributed by atoms with Gasteiger partial charge in [0.05, 0.1) is 5.75 Å². The molecule has 0 saturated heterocycles. The van der Waals surface area contributed by atoms with Crippen molar-refractivity contribution in [3.05, 3.63) is 40.4 Å². The van der Waals surface area contributed by atoms with Gasteiger partial charge in [-0.1, -0.05) is 32.5 Å². The maximum Gasteiger partial charge on any atom is 0.279 e. The molecule has 0 saturated carbocycles. The zero-order valence-corrected chi connectivity index (χ0v) is 14.7. The lowest BCUT2D eigenvalue weighted by Crippen LogP contribution is -2.22. The number of hydrogen-bond donors (Lipinski definition) is 1. The van der Waals surface area contributed by atoms with Crippen molar-refractivity contribution in [3.8, 4) is 11.3 Å². The standard InChI is InChI=1S/C16H16FN5O2S/c1-16(2,3)11(23)8-25-15-20-19-14-18-13(24)12(21-22(14)15)9-4-6-10(17)7-5-9/h4-7H,8H2,1-3H3,(H,18,19,24). The summed E-state index contributed by atoms with van der Waals surface area (Å²) >= 11 is 1.20. The monoisotopic (exact) mass is 361 g/mol. The number of nitrogens with zero attached hydrogens (tertiary/aromatic N) is 4. The van der Waals surface area contributed by atoms with E-state index in [2.05, 4.69) is 20.3 Å². The molecule has 2 heterocycles. The van der Waals surface area contributed by atoms with E-state index in [-0.39, 0.29) is 23.0 Å². The molecule has 9 heteroatoms. The first-order valence-corrected chi connectivity index (χ1v) is 8.52. The molecule has 0 atom stereocenters. The summed E-state index contributed by atoms with van der Waals surface area (Å²) in [6.07, 6.45) is 0. The molecule has 3 rings (SSSR count). The molecule has 130 valence electrons. The highest BCUT2D eigenvalue weighted by atomic mass is 32.2. The van der Waals surface area contributed by atoms with Crippen LogP contribution in [0.5, 0.6) is 0 Å². The van der Waals surface area contributed by atoms with Crippen molar-refractivity contribution >= 4 is 23.3 Å². The molecule has 1 N–H and O–H groups in total. The Hall–Kier alpha value is -2.55. The van der Waals surface area contributed by atoms with Crippen molar-refractivity contribution in [2.75, 3.05) is 5.75 Å². The lowest BCUT2D eigenvalue weighted by molar-refractivity contribution is -0.123. The molecule has 0 spiro atoms. The number of H-pyrrole nitrogens is 1. The molecule has 0 fully saturated rings. The largest absolute Gasteiger partial charge is 0.298 e. The van der Waals surface area contributed by atoms with Crippen LogP contribution in [0.4, 0.5) is 4.39 Å². The van der Waals surface area contributed by atoms with Crippen LogP contribution in [-0.2, 0) is 4.79 Å². The van der Waals surface area contributed by atoms with E-state index >= 15 is 0 Å². The molecule has 0 aliphatic heterocycles. The Balaban J connectivity index is 1.97. The number of Topliss-reactive ketones (excluding diaryl/α,β-unsaturated/α-hetero) is 1. The predicted molar refractivity (Wildman–Crippen MR) is 92.0 cm³/mol. The van der Waals surface area contributed by atoms with Gasteiger partial charge in [-0.2, -0.15) is 9.61 Å². The molecule has 0 aliphatic rings. The van der Waals surface area contributed by atoms with E-state index in [4.69, 9.17) is 0 Å². The maximum absolute atomic E-state index is 13.1. The second kappa shape index (κ2) is 6.40. The second-order valence-electron chi connectivity index (χ2n) is 6.49. The predicted octanol–water partition coefficient (Wildman–Crippen LogP) is 2.33. The van der Waals surface area contributed by atoms with E-state index < -0.39 is 16.8 Å². The van der Waals surface area contributed by atoms with Crippen molar-refractivity contribution in [2.24, 2.45) is 5.41 Å². The smallest absolute Gasteiger partial charge is 0.279 e. The quantitative estimate of drug-likeness (QED) is 0.717. The molecule has 3 aromatic rings. The number of aromatic amines is 1. The molecular weight excluding hydrogens is 345 g/mol. The number of thioether (sulfide) groups is 1. The molecule has 0 unspecified atom stereocenters. The zero-order valence-electron chi connectivity index (χ0n) is 13.9. The summed E-state index contributed by atoms with van der Waals surface area (Å²) in [5.41, 5.74) is -0.306. The van der Waals surface area contributed by atoms with Crippen LogP contribution in [0.3, 0.4) is 0 Å². The number of fused-ring (bicyclic) bond motifs is 1. The lowest BCUT2D eigenvalue weighted by Gasteiger charge is -2.15. The molecule has 7 nitrogen and oxygen atoms in total. The fraction of sp³-hybridized carbons (Fsp3) is 0.312. The maximum atomic E-state index is 13.1. The number of halogens is 1. The number of aromatic nitrogens is 5. The van der Waals surface area contributed by atoms with Crippen molar-refractivity contribution < 1.29 is 9.18 Å². The van der Waals surface area contributed by atoms with Crippen LogP contribution in [0, 0.1) is 11.2 Å². The molecule has 0 aliphatic carbocycles. The number of rotatable bonds is 4. The minimum Gasteiger partial charge on any atom is -0.298 e. The normalized spacial score (nSPS) is 11.8. The van der Waals surface area contributed by atoms with Crippen LogP contribution in [0.2, 0.25) is 0 Å². The van der Waals surface area contributed by atoms with Crippen molar-refractivity contribution in [1.29, 1.82) is 0 Å². The zero-order chi connectivity index (χ0) is 18.2. The second-order valence-corrected chi connectivity index (χ2v) is 7.43. The number of ketones is 1. The van der Waals surface area contributed by atoms with Gasteiger partial charge in [0.2, 0.25) is 5.16 Å². The van der Waals surface area contributed by atoms with Gasteiger partial charge < -0.3 is 0 Å². The minimum atomic E-state index is -0.450. The van der Waals surface area contributed by atoms with Gasteiger partial charge in [0.1, 0.15) is 11.6 Å². The van der Waals surface area contributed by atoms with Crippen molar-refractivity contribution in [3.63, 3.8) is 0 Å². The minimum absolute atomic E-state index is 0.0671. The topological polar surface area (TPSA) is 93.0 Å². The molecule has 2 aromatic heterocycles. The van der Waals surface area contributed by atoms with Gasteiger partial charge in [0, 0.05) is 11.0 Å². The highest BCUT2D eigenvalue weighted by Crippen LogP contribution is 2.22. The SMILES string of the molecule is CC(C)(C)C(=O)CSc1nnc2[nH]c(=O)c(-c3ccc(F)cc3)nn12. The van der Waals surface area contributed by atoms with Crippen molar-refractivity contribution in [1.82, 2.24) is 24.8 Å². The van der Waals surface area contributed by atoms with Crippen molar-refractivity contribution in [2.45, 2.75) is 25.9 Å². The molecule has 0 amide bonds. The number of hydrogen-bond acceptors (Lipinski definition) is 6. The third-order valence-electron chi connectivity index (χ3n) is 3.54. The van der Waals surface area contributed by atoms with Gasteiger partial charge in [0.25, 0.3) is 11.3 Å². The summed E-state index contributed by atoms with van der Waals surface area (Å²) in [4.78, 5) is 26.8. The summed E-state index contributed by atoms with van der Waals surface area (Å²) in [6.45, 7) is 5.54. The number of carbonyl (C=O) groups excluding carboxylic acids is 1. The third kappa shape index (κ3) is 3.60. The highest BCUT2D eigenvalue weighted by molar-refractivity contribution is 7.99. The Labute approximate surface area is 146 Å². The Kier molecular flexibility index (Phi) is 4.42. The van der Waals surface area contributed by atoms with E-state index in [1.165, 1.54) is 40.5 Å². The first kappa shape index (κ1) is 17.3. The molecule has 0 bridgehead atoms. The Morgan fingerprint density at radius 3 is 2.56 bits per heavy atom. The molecular formula is C16H16FN5O2S. The van der Waals surface area contributed by atoms with E-state index in [0.29, 0.717) is 10.7 Å². The fourth-order valence-corrected chi connectivity index (χ4v) is 3.01. The van der Waals surface area contributed by atoms with Gasteiger partial charge in [-0.3, -0.25) is 14.6 Å². The summed E-state index contributed by atoms with van der Waals surface area (Å²) < 4.78 is 14.5. The van der Waals surface area contributed by atoms with Crippen LogP contribution in [0.15, 0.2) is 34.2 Å². The van der Waals surface area contributed by atoms with E-state index in [0.717, 1.165) is 0 Å². The van der Waals surface area contributed by atoms with E-state index in [1.54, 1.807) is 0 Å². The Morgan fingerprint density at radius 1 is 1.24 bits per heavy atom. The van der Waals surface area contributed by atoms with Gasteiger partial charge in [-0.15, -0.1) is 10.2 Å². The number of benzene rings is 1. The fourth-order valence-electron chi connectivity index (χ4n) is 1.97. The van der Waals surface area contributed by atoms with Gasteiger partial charge >= 0.3 is 0 Å². The van der Waals surface area contributed by atoms with Crippen LogP contribution < -0.4 is 5.56 Å². The number of nitrogens with one attached hydrogen (secondary N) is 1. The molecule has 0 radical (unpaired) electrons. The summed E-state index contributed by atoms with van der Waals surface area (Å²) in [7, 11) is 0. The first-order valence-electron chi connectivity index (χ1n) is 7.53. The third-order valence-corrected chi connectivity index (χ3v) is 4.46. The van der Waals surface area contributed by atoms with Gasteiger partial charge in [0.15, 0.2) is 5.69 Å². The summed E-state index contributed by atoms with van der Waals surface area (Å²) in [5, 5.41) is 12.5. The van der Waals surface area contributed by atoms with Crippen LogP contribution in [-0.4, -0.2) is 36.3 Å². The Bertz CT molecular complexity index is 988. The van der Waals surface area contributed by atoms with Crippen LogP contribution >= 0.6 is 11.8 Å². The lowest BCUT2D eigenvalue weighted by atomic mass is 9.92. The highest BCUT2D eigenvalue weighted by Gasteiger charge is 2.22. The average Bonchev–Trinajstić information content (AvgIpc) is 2.93. The van der Waals surface area contributed by atoms with E-state index in [9.17, 15) is 14.0 Å². The van der Waals surface area contributed by atoms with E-state index in [1.807, 2.05) is 20.8 Å². The summed E-state index contributed by atoms with van der Waals surface area (Å²) in [6, 6.07) is 5.45.